The molecule has 2 aromatic rings. The van der Waals surface area contributed by atoms with Gasteiger partial charge in [-0.3, -0.25) is 0 Å². The van der Waals surface area contributed by atoms with E-state index >= 15 is 0 Å². The number of hydrogen-bond donors (Lipinski definition) is 0. The summed E-state index contributed by atoms with van der Waals surface area (Å²) in [6, 6.07) is 6.23. The molecule has 0 amide bonds. The van der Waals surface area contributed by atoms with Crippen LogP contribution in [0.1, 0.15) is 42.3 Å². The molecule has 0 saturated carbocycles. The average molecular weight is 327 g/mol. The van der Waals surface area contributed by atoms with Crippen LogP contribution in [0.4, 0.5) is 0 Å². The summed E-state index contributed by atoms with van der Waals surface area (Å²) in [7, 11) is 1.60. The Bertz CT molecular complexity index is 764. The van der Waals surface area contributed by atoms with E-state index in [1.165, 1.54) is 17.3 Å². The van der Waals surface area contributed by atoms with E-state index in [0.29, 0.717) is 6.54 Å². The molecular weight excluding hydrogens is 308 g/mol. The largest absolute Gasteiger partial charge is 0.329 e. The van der Waals surface area contributed by atoms with E-state index in [4.69, 9.17) is 10.7 Å². The molecule has 0 radical (unpaired) electrons. The first-order valence-corrected chi connectivity index (χ1v) is 9.07. The number of nitrogens with zero attached hydrogens (tertiary/aromatic N) is 2. The third-order valence-electron chi connectivity index (χ3n) is 3.40. The lowest BCUT2D eigenvalue weighted by Gasteiger charge is -2.12. The first kappa shape index (κ1) is 16.0. The van der Waals surface area contributed by atoms with E-state index in [-0.39, 0.29) is 10.9 Å². The van der Waals surface area contributed by atoms with Crippen LogP contribution < -0.4 is 0 Å². The fourth-order valence-electron chi connectivity index (χ4n) is 2.26. The number of imidazole rings is 1. The van der Waals surface area contributed by atoms with Crippen LogP contribution in [0.5, 0.6) is 0 Å². The summed E-state index contributed by atoms with van der Waals surface area (Å²) >= 11 is 0. The highest BCUT2D eigenvalue weighted by Gasteiger charge is 2.19. The molecule has 1 heterocycles. The van der Waals surface area contributed by atoms with Crippen LogP contribution in [0.25, 0.3) is 0 Å². The Balaban J connectivity index is 2.48. The summed E-state index contributed by atoms with van der Waals surface area (Å²) in [5, 5.41) is -0.0850. The first-order chi connectivity index (χ1) is 9.68. The van der Waals surface area contributed by atoms with Gasteiger partial charge in [-0.1, -0.05) is 37.6 Å². The highest BCUT2D eigenvalue weighted by molar-refractivity contribution is 8.13. The Morgan fingerprint density at radius 2 is 1.95 bits per heavy atom. The molecule has 0 unspecified atom stereocenters. The molecule has 6 heteroatoms. The summed E-state index contributed by atoms with van der Waals surface area (Å²) < 4.78 is 24.8. The Morgan fingerprint density at radius 3 is 2.52 bits per heavy atom. The summed E-state index contributed by atoms with van der Waals surface area (Å²) in [6.07, 6.45) is 1.51. The van der Waals surface area contributed by atoms with Gasteiger partial charge in [0.05, 0.1) is 0 Å². The number of benzene rings is 1. The lowest BCUT2D eigenvalue weighted by molar-refractivity contribution is 0.606. The zero-order valence-electron chi connectivity index (χ0n) is 12.6. The van der Waals surface area contributed by atoms with Crippen molar-refractivity contribution in [1.29, 1.82) is 0 Å². The first-order valence-electron chi connectivity index (χ1n) is 6.76. The Hall–Kier alpha value is -1.33. The van der Waals surface area contributed by atoms with Gasteiger partial charge in [0, 0.05) is 29.3 Å². The van der Waals surface area contributed by atoms with Crippen LogP contribution in [0, 0.1) is 13.8 Å². The van der Waals surface area contributed by atoms with Gasteiger partial charge in [0.1, 0.15) is 5.82 Å². The maximum atomic E-state index is 11.5. The third-order valence-corrected chi connectivity index (χ3v) is 4.57. The molecule has 0 aliphatic carbocycles. The van der Waals surface area contributed by atoms with Crippen LogP contribution in [0.3, 0.4) is 0 Å². The molecular formula is C15H19ClN2O2S. The molecule has 0 saturated heterocycles. The number of hydrogen-bond acceptors (Lipinski definition) is 3. The number of aromatic nitrogens is 2. The van der Waals surface area contributed by atoms with Gasteiger partial charge in [0.2, 0.25) is 0 Å². The zero-order chi connectivity index (χ0) is 15.8. The van der Waals surface area contributed by atoms with Gasteiger partial charge in [-0.25, -0.2) is 13.4 Å². The van der Waals surface area contributed by atoms with Gasteiger partial charge < -0.3 is 4.57 Å². The summed E-state index contributed by atoms with van der Waals surface area (Å²) in [5.41, 5.74) is 3.49. The summed E-state index contributed by atoms with van der Waals surface area (Å²) in [5.74, 6) is 0.831. The molecule has 0 aliphatic heterocycles. The highest BCUT2D eigenvalue weighted by atomic mass is 35.7. The van der Waals surface area contributed by atoms with Crippen molar-refractivity contribution in [1.82, 2.24) is 9.55 Å². The maximum absolute atomic E-state index is 11.5. The molecule has 1 aromatic carbocycles. The van der Waals surface area contributed by atoms with Crippen molar-refractivity contribution in [2.45, 2.75) is 45.2 Å². The van der Waals surface area contributed by atoms with E-state index in [1.807, 2.05) is 32.3 Å². The van der Waals surface area contributed by atoms with E-state index in [9.17, 15) is 8.42 Å². The van der Waals surface area contributed by atoms with Crippen molar-refractivity contribution in [2.24, 2.45) is 0 Å². The molecule has 2 rings (SSSR count). The molecule has 114 valence electrons. The van der Waals surface area contributed by atoms with Gasteiger partial charge in [-0.05, 0) is 25.0 Å². The second kappa shape index (κ2) is 5.81. The quantitative estimate of drug-likeness (QED) is 0.807. The van der Waals surface area contributed by atoms with Crippen molar-refractivity contribution < 1.29 is 8.42 Å². The Labute approximate surface area is 130 Å². The van der Waals surface area contributed by atoms with E-state index < -0.39 is 9.05 Å². The monoisotopic (exact) mass is 326 g/mol. The predicted molar refractivity (Wildman–Crippen MR) is 84.4 cm³/mol. The van der Waals surface area contributed by atoms with Crippen molar-refractivity contribution in [3.63, 3.8) is 0 Å². The molecule has 0 aliphatic rings. The topological polar surface area (TPSA) is 52.0 Å². The summed E-state index contributed by atoms with van der Waals surface area (Å²) in [6.45, 7) is 8.62. The predicted octanol–water partition coefficient (Wildman–Crippen LogP) is 3.60. The lowest BCUT2D eigenvalue weighted by atomic mass is 10.1. The second-order valence-corrected chi connectivity index (χ2v) is 8.10. The van der Waals surface area contributed by atoms with Gasteiger partial charge >= 0.3 is 0 Å². The van der Waals surface area contributed by atoms with E-state index in [1.54, 1.807) is 0 Å². The van der Waals surface area contributed by atoms with Gasteiger partial charge in [-0.2, -0.15) is 0 Å². The number of halogens is 1. The smallest absolute Gasteiger partial charge is 0.280 e. The lowest BCUT2D eigenvalue weighted by Crippen LogP contribution is -2.07. The normalized spacial score (nSPS) is 12.1. The molecule has 4 nitrogen and oxygen atoms in total. The van der Waals surface area contributed by atoms with Crippen LogP contribution in [0.2, 0.25) is 0 Å². The van der Waals surface area contributed by atoms with Crippen LogP contribution in [-0.4, -0.2) is 18.0 Å². The minimum Gasteiger partial charge on any atom is -0.329 e. The van der Waals surface area contributed by atoms with Crippen molar-refractivity contribution in [2.75, 3.05) is 0 Å². The molecule has 0 N–H and O–H groups in total. The van der Waals surface area contributed by atoms with Gasteiger partial charge in [0.25, 0.3) is 9.05 Å². The molecule has 0 spiro atoms. The second-order valence-electron chi connectivity index (χ2n) is 5.59. The fraction of sp³-hybridized carbons (Fsp3) is 0.400. The number of rotatable bonds is 4. The standard InChI is InChI=1S/C15H19ClN2O2S/c1-10(2)15-17-14(21(16,19)20)9-18(15)8-13-7-11(3)5-6-12(13)4/h5-7,9-10H,8H2,1-4H3. The van der Waals surface area contributed by atoms with Crippen molar-refractivity contribution >= 4 is 19.7 Å². The maximum Gasteiger partial charge on any atom is 0.280 e. The minimum absolute atomic E-state index is 0.0850. The highest BCUT2D eigenvalue weighted by Crippen LogP contribution is 2.22. The molecule has 0 fully saturated rings. The molecule has 0 atom stereocenters. The van der Waals surface area contributed by atoms with E-state index in [2.05, 4.69) is 23.2 Å². The summed E-state index contributed by atoms with van der Waals surface area (Å²) in [4.78, 5) is 4.17. The van der Waals surface area contributed by atoms with Crippen LogP contribution >= 0.6 is 10.7 Å². The molecule has 21 heavy (non-hydrogen) atoms. The number of aryl methyl sites for hydroxylation is 2. The van der Waals surface area contributed by atoms with Gasteiger partial charge in [0.15, 0.2) is 5.03 Å². The van der Waals surface area contributed by atoms with Crippen LogP contribution in [-0.2, 0) is 15.6 Å². The SMILES string of the molecule is Cc1ccc(C)c(Cn2cc(S(=O)(=O)Cl)nc2C(C)C)c1. The Kier molecular flexibility index (Phi) is 4.44. The van der Waals surface area contributed by atoms with Gasteiger partial charge in [-0.15, -0.1) is 0 Å². The van der Waals surface area contributed by atoms with Crippen molar-refractivity contribution in [3.05, 3.63) is 46.9 Å². The van der Waals surface area contributed by atoms with Crippen LogP contribution in [0.15, 0.2) is 29.4 Å². The zero-order valence-corrected chi connectivity index (χ0v) is 14.2. The molecule has 0 bridgehead atoms. The van der Waals surface area contributed by atoms with Crippen molar-refractivity contribution in [3.8, 4) is 0 Å². The fourth-order valence-corrected chi connectivity index (χ4v) is 2.94. The minimum atomic E-state index is -3.81. The van der Waals surface area contributed by atoms with E-state index in [0.717, 1.165) is 11.4 Å². The third kappa shape index (κ3) is 3.66. The average Bonchev–Trinajstić information content (AvgIpc) is 2.78. The Morgan fingerprint density at radius 1 is 1.29 bits per heavy atom. The molecule has 1 aromatic heterocycles.